The second kappa shape index (κ2) is 6.75. The molecular formula is C18H17Cl2N3O. The topological polar surface area (TPSA) is 63.9 Å². The number of anilines is 1. The first-order chi connectivity index (χ1) is 11.4. The molecule has 3 aromatic rings. The average Bonchev–Trinajstić information content (AvgIpc) is 2.98. The second-order valence-electron chi connectivity index (χ2n) is 5.72. The van der Waals surface area contributed by atoms with Gasteiger partial charge in [0, 0.05) is 16.8 Å². The molecule has 0 bridgehead atoms. The molecule has 124 valence electrons. The van der Waals surface area contributed by atoms with Gasteiger partial charge in [0.2, 0.25) is 0 Å². The third kappa shape index (κ3) is 3.50. The SMILES string of the molecule is CC(C)Oc1ccc(-c2cc(-c3ccc(N)cc3Cl)[nH]n2)cc1Cl. The fourth-order valence-corrected chi connectivity index (χ4v) is 2.88. The number of rotatable bonds is 4. The Kier molecular flexibility index (Phi) is 4.69. The van der Waals surface area contributed by atoms with E-state index >= 15 is 0 Å². The van der Waals surface area contributed by atoms with Crippen LogP contribution in [0.1, 0.15) is 13.8 Å². The molecule has 1 heterocycles. The van der Waals surface area contributed by atoms with E-state index in [1.54, 1.807) is 12.1 Å². The van der Waals surface area contributed by atoms with Crippen LogP contribution in [0.5, 0.6) is 5.75 Å². The maximum absolute atomic E-state index is 6.29. The van der Waals surface area contributed by atoms with Crippen molar-refractivity contribution in [1.82, 2.24) is 10.2 Å². The van der Waals surface area contributed by atoms with Crippen LogP contribution in [-0.2, 0) is 0 Å². The van der Waals surface area contributed by atoms with Gasteiger partial charge in [-0.25, -0.2) is 0 Å². The number of hydrogen-bond donors (Lipinski definition) is 2. The van der Waals surface area contributed by atoms with E-state index in [2.05, 4.69) is 10.2 Å². The molecular weight excluding hydrogens is 345 g/mol. The van der Waals surface area contributed by atoms with Crippen LogP contribution in [0.4, 0.5) is 5.69 Å². The minimum absolute atomic E-state index is 0.0676. The number of aromatic amines is 1. The highest BCUT2D eigenvalue weighted by Crippen LogP contribution is 2.33. The smallest absolute Gasteiger partial charge is 0.138 e. The van der Waals surface area contributed by atoms with Crippen molar-refractivity contribution in [1.29, 1.82) is 0 Å². The molecule has 0 saturated carbocycles. The first kappa shape index (κ1) is 16.7. The standard InChI is InChI=1S/C18H17Cl2N3O/c1-10(2)24-18-6-3-11(7-15(18)20)16-9-17(23-22-16)13-5-4-12(21)8-14(13)19/h3-10H,21H2,1-2H3,(H,22,23). The Morgan fingerprint density at radius 2 is 1.83 bits per heavy atom. The van der Waals surface area contributed by atoms with E-state index in [1.807, 2.05) is 44.2 Å². The predicted molar refractivity (Wildman–Crippen MR) is 99.7 cm³/mol. The molecule has 1 aromatic heterocycles. The number of hydrogen-bond acceptors (Lipinski definition) is 3. The number of benzene rings is 2. The Morgan fingerprint density at radius 1 is 1.04 bits per heavy atom. The maximum atomic E-state index is 6.29. The lowest BCUT2D eigenvalue weighted by Gasteiger charge is -2.11. The van der Waals surface area contributed by atoms with Crippen LogP contribution < -0.4 is 10.5 Å². The van der Waals surface area contributed by atoms with E-state index in [9.17, 15) is 0 Å². The zero-order valence-electron chi connectivity index (χ0n) is 13.3. The lowest BCUT2D eigenvalue weighted by Crippen LogP contribution is -2.05. The molecule has 24 heavy (non-hydrogen) atoms. The summed E-state index contributed by atoms with van der Waals surface area (Å²) in [6, 6.07) is 12.9. The molecule has 2 aromatic carbocycles. The van der Waals surface area contributed by atoms with Crippen LogP contribution in [0.15, 0.2) is 42.5 Å². The molecule has 0 unspecified atom stereocenters. The molecule has 0 fully saturated rings. The van der Waals surface area contributed by atoms with Gasteiger partial charge in [-0.05, 0) is 56.3 Å². The van der Waals surface area contributed by atoms with Gasteiger partial charge in [-0.3, -0.25) is 5.10 Å². The van der Waals surface area contributed by atoms with Gasteiger partial charge in [0.1, 0.15) is 5.75 Å². The molecule has 0 radical (unpaired) electrons. The third-order valence-corrected chi connectivity index (χ3v) is 4.06. The monoisotopic (exact) mass is 361 g/mol. The van der Waals surface area contributed by atoms with Gasteiger partial charge >= 0.3 is 0 Å². The molecule has 0 saturated heterocycles. The molecule has 0 aliphatic rings. The first-order valence-electron chi connectivity index (χ1n) is 7.51. The number of nitrogens with zero attached hydrogens (tertiary/aromatic N) is 1. The normalized spacial score (nSPS) is 11.0. The molecule has 0 spiro atoms. The van der Waals surface area contributed by atoms with Crippen molar-refractivity contribution in [2.45, 2.75) is 20.0 Å². The first-order valence-corrected chi connectivity index (χ1v) is 8.27. The van der Waals surface area contributed by atoms with Crippen molar-refractivity contribution >= 4 is 28.9 Å². The molecule has 0 aliphatic heterocycles. The molecule has 0 amide bonds. The van der Waals surface area contributed by atoms with Gasteiger partial charge in [0.05, 0.1) is 27.5 Å². The third-order valence-electron chi connectivity index (χ3n) is 3.45. The summed E-state index contributed by atoms with van der Waals surface area (Å²) in [7, 11) is 0. The summed E-state index contributed by atoms with van der Waals surface area (Å²) < 4.78 is 5.65. The number of aromatic nitrogens is 2. The Morgan fingerprint density at radius 3 is 2.50 bits per heavy atom. The summed E-state index contributed by atoms with van der Waals surface area (Å²) in [4.78, 5) is 0. The summed E-state index contributed by atoms with van der Waals surface area (Å²) >= 11 is 12.5. The number of H-pyrrole nitrogens is 1. The fourth-order valence-electron chi connectivity index (χ4n) is 2.37. The molecule has 6 heteroatoms. The molecule has 0 atom stereocenters. The van der Waals surface area contributed by atoms with E-state index in [4.69, 9.17) is 33.7 Å². The average molecular weight is 362 g/mol. The van der Waals surface area contributed by atoms with Crippen LogP contribution >= 0.6 is 23.2 Å². The highest BCUT2D eigenvalue weighted by atomic mass is 35.5. The minimum atomic E-state index is 0.0676. The number of nitrogen functional groups attached to an aromatic ring is 1. The summed E-state index contributed by atoms with van der Waals surface area (Å²) in [6.45, 7) is 3.92. The molecule has 0 aliphatic carbocycles. The van der Waals surface area contributed by atoms with Crippen LogP contribution in [0.3, 0.4) is 0 Å². The Labute approximate surface area is 150 Å². The van der Waals surface area contributed by atoms with Crippen LogP contribution in [0.2, 0.25) is 10.0 Å². The van der Waals surface area contributed by atoms with Gasteiger partial charge in [-0.15, -0.1) is 0 Å². The zero-order valence-corrected chi connectivity index (χ0v) is 14.8. The Hall–Kier alpha value is -2.17. The minimum Gasteiger partial charge on any atom is -0.489 e. The number of ether oxygens (including phenoxy) is 1. The van der Waals surface area contributed by atoms with E-state index in [1.165, 1.54) is 0 Å². The molecule has 3 rings (SSSR count). The largest absolute Gasteiger partial charge is 0.489 e. The predicted octanol–water partition coefficient (Wildman–Crippen LogP) is 5.42. The van der Waals surface area contributed by atoms with E-state index in [-0.39, 0.29) is 6.10 Å². The Bertz CT molecular complexity index is 874. The molecule has 4 nitrogen and oxygen atoms in total. The van der Waals surface area contributed by atoms with E-state index in [0.717, 1.165) is 22.5 Å². The molecule has 3 N–H and O–H groups in total. The summed E-state index contributed by atoms with van der Waals surface area (Å²) in [5.41, 5.74) is 9.68. The van der Waals surface area contributed by atoms with Gasteiger partial charge < -0.3 is 10.5 Å². The van der Waals surface area contributed by atoms with Crippen molar-refractivity contribution < 1.29 is 4.74 Å². The summed E-state index contributed by atoms with van der Waals surface area (Å²) in [5, 5.41) is 8.47. The van der Waals surface area contributed by atoms with Crippen molar-refractivity contribution in [3.05, 3.63) is 52.5 Å². The van der Waals surface area contributed by atoms with Gasteiger partial charge in [-0.2, -0.15) is 5.10 Å². The lowest BCUT2D eigenvalue weighted by atomic mass is 10.1. The summed E-state index contributed by atoms with van der Waals surface area (Å²) in [5.74, 6) is 0.660. The van der Waals surface area contributed by atoms with Crippen LogP contribution in [0, 0.1) is 0 Å². The van der Waals surface area contributed by atoms with Gasteiger partial charge in [-0.1, -0.05) is 23.2 Å². The van der Waals surface area contributed by atoms with Gasteiger partial charge in [0.25, 0.3) is 0 Å². The highest BCUT2D eigenvalue weighted by molar-refractivity contribution is 6.33. The highest BCUT2D eigenvalue weighted by Gasteiger charge is 2.11. The number of halogens is 2. The van der Waals surface area contributed by atoms with Crippen LogP contribution in [0.25, 0.3) is 22.5 Å². The number of nitrogens with two attached hydrogens (primary N) is 1. The van der Waals surface area contributed by atoms with Crippen molar-refractivity contribution in [3.63, 3.8) is 0 Å². The van der Waals surface area contributed by atoms with E-state index in [0.29, 0.717) is 21.5 Å². The maximum Gasteiger partial charge on any atom is 0.138 e. The lowest BCUT2D eigenvalue weighted by molar-refractivity contribution is 0.242. The van der Waals surface area contributed by atoms with Gasteiger partial charge in [0.15, 0.2) is 0 Å². The second-order valence-corrected chi connectivity index (χ2v) is 6.53. The zero-order chi connectivity index (χ0) is 17.3. The van der Waals surface area contributed by atoms with Crippen molar-refractivity contribution in [2.24, 2.45) is 0 Å². The van der Waals surface area contributed by atoms with E-state index < -0.39 is 0 Å². The quantitative estimate of drug-likeness (QED) is 0.609. The van der Waals surface area contributed by atoms with Crippen LogP contribution in [-0.4, -0.2) is 16.3 Å². The summed E-state index contributed by atoms with van der Waals surface area (Å²) in [6.07, 6.45) is 0.0676. The van der Waals surface area contributed by atoms with Crippen molar-refractivity contribution in [3.8, 4) is 28.3 Å². The van der Waals surface area contributed by atoms with Crippen molar-refractivity contribution in [2.75, 3.05) is 5.73 Å². The Balaban J connectivity index is 1.92. The fraction of sp³-hybridized carbons (Fsp3) is 0.167. The number of nitrogens with one attached hydrogen (secondary N) is 1.